The highest BCUT2D eigenvalue weighted by Gasteiger charge is 2.46. The summed E-state index contributed by atoms with van der Waals surface area (Å²) >= 11 is 0. The number of ether oxygens (including phenoxy) is 3. The molecule has 0 spiro atoms. The Morgan fingerprint density at radius 3 is 2.50 bits per heavy atom. The minimum Gasteiger partial charge on any atom is -0.490 e. The molecule has 0 bridgehead atoms. The van der Waals surface area contributed by atoms with Crippen LogP contribution in [0, 0.1) is 0 Å². The average Bonchev–Trinajstić information content (AvgIpc) is 2.85. The molecule has 2 aromatic rings. The van der Waals surface area contributed by atoms with E-state index in [0.717, 1.165) is 23.1 Å². The molecule has 2 aliphatic rings. The number of carbonyl (C=O) groups excluding carboxylic acids is 2. The van der Waals surface area contributed by atoms with E-state index in [4.69, 9.17) is 14.2 Å². The first kappa shape index (κ1) is 24.1. The Balaban J connectivity index is 1.75. The van der Waals surface area contributed by atoms with Gasteiger partial charge in [0.05, 0.1) is 25.2 Å². The third kappa shape index (κ3) is 4.62. The van der Waals surface area contributed by atoms with Crippen LogP contribution in [0.25, 0.3) is 0 Å². The van der Waals surface area contributed by atoms with Crippen molar-refractivity contribution >= 4 is 11.8 Å². The number of nitrogens with one attached hydrogen (secondary N) is 1. The highest BCUT2D eigenvalue weighted by atomic mass is 16.5. The SMILES string of the molecule is CCOCCCNC(=O)[C@H]1c2ccccc2C(=O)N2CCc3cc(OCC)c(OCC)cc3[C@H]12. The molecule has 2 atom stereocenters. The maximum absolute atomic E-state index is 13.6. The Labute approximate surface area is 201 Å². The number of hydrogen-bond donors (Lipinski definition) is 1. The van der Waals surface area contributed by atoms with Gasteiger partial charge in [-0.2, -0.15) is 0 Å². The second-order valence-corrected chi connectivity index (χ2v) is 8.46. The Morgan fingerprint density at radius 2 is 1.76 bits per heavy atom. The van der Waals surface area contributed by atoms with Crippen molar-refractivity contribution in [3.8, 4) is 11.5 Å². The van der Waals surface area contributed by atoms with Gasteiger partial charge in [0, 0.05) is 31.9 Å². The smallest absolute Gasteiger partial charge is 0.254 e. The second kappa shape index (κ2) is 10.9. The zero-order valence-corrected chi connectivity index (χ0v) is 20.3. The lowest BCUT2D eigenvalue weighted by Gasteiger charge is -2.45. The highest BCUT2D eigenvalue weighted by Crippen LogP contribution is 2.48. The van der Waals surface area contributed by atoms with Crippen LogP contribution in [0.4, 0.5) is 0 Å². The van der Waals surface area contributed by atoms with Gasteiger partial charge in [-0.25, -0.2) is 0 Å². The molecule has 7 nitrogen and oxygen atoms in total. The summed E-state index contributed by atoms with van der Waals surface area (Å²) in [7, 11) is 0. The van der Waals surface area contributed by atoms with Gasteiger partial charge >= 0.3 is 0 Å². The van der Waals surface area contributed by atoms with Crippen molar-refractivity contribution in [2.24, 2.45) is 0 Å². The fraction of sp³-hybridized carbons (Fsp3) is 0.481. The maximum atomic E-state index is 13.6. The molecular formula is C27H34N2O5. The molecule has 1 N–H and O–H groups in total. The van der Waals surface area contributed by atoms with E-state index in [9.17, 15) is 9.59 Å². The molecule has 2 aliphatic heterocycles. The fourth-order valence-electron chi connectivity index (χ4n) is 4.99. The summed E-state index contributed by atoms with van der Waals surface area (Å²) in [4.78, 5) is 28.9. The molecule has 182 valence electrons. The first-order valence-corrected chi connectivity index (χ1v) is 12.3. The van der Waals surface area contributed by atoms with Crippen molar-refractivity contribution in [1.82, 2.24) is 10.2 Å². The van der Waals surface area contributed by atoms with Gasteiger partial charge in [-0.05, 0) is 68.5 Å². The molecule has 2 heterocycles. The molecule has 0 saturated carbocycles. The van der Waals surface area contributed by atoms with Gasteiger partial charge in [-0.3, -0.25) is 9.59 Å². The van der Waals surface area contributed by atoms with Crippen LogP contribution in [0.15, 0.2) is 36.4 Å². The lowest BCUT2D eigenvalue weighted by molar-refractivity contribution is -0.124. The van der Waals surface area contributed by atoms with Gasteiger partial charge < -0.3 is 24.4 Å². The number of nitrogens with zero attached hydrogens (tertiary/aromatic N) is 1. The summed E-state index contributed by atoms with van der Waals surface area (Å²) in [6, 6.07) is 11.1. The lowest BCUT2D eigenvalue weighted by Crippen LogP contribution is -2.50. The van der Waals surface area contributed by atoms with E-state index in [1.807, 2.05) is 62.1 Å². The topological polar surface area (TPSA) is 77.1 Å². The zero-order valence-electron chi connectivity index (χ0n) is 20.3. The standard InChI is InChI=1S/C27H34N2O5/c1-4-32-15-9-13-28-26(30)24-19-10-7-8-11-20(19)27(31)29-14-12-18-16-22(33-5-2)23(34-6-3)17-21(18)25(24)29/h7-8,10-11,16-17,24-25H,4-6,9,12-15H2,1-3H3,(H,28,30)/t24-,25+/m0/s1. The first-order chi connectivity index (χ1) is 16.6. The van der Waals surface area contributed by atoms with Crippen LogP contribution in [0.5, 0.6) is 11.5 Å². The Bertz CT molecular complexity index is 1040. The van der Waals surface area contributed by atoms with Crippen LogP contribution < -0.4 is 14.8 Å². The third-order valence-electron chi connectivity index (χ3n) is 6.44. The van der Waals surface area contributed by atoms with Gasteiger partial charge in [0.2, 0.25) is 5.91 Å². The number of amides is 2. The molecule has 0 radical (unpaired) electrons. The van der Waals surface area contributed by atoms with Gasteiger partial charge in [0.25, 0.3) is 5.91 Å². The lowest BCUT2D eigenvalue weighted by atomic mass is 9.75. The number of hydrogen-bond acceptors (Lipinski definition) is 5. The Kier molecular flexibility index (Phi) is 7.73. The van der Waals surface area contributed by atoms with E-state index < -0.39 is 12.0 Å². The van der Waals surface area contributed by atoms with Crippen molar-refractivity contribution in [3.05, 3.63) is 58.7 Å². The van der Waals surface area contributed by atoms with E-state index in [1.54, 1.807) is 0 Å². The first-order valence-electron chi connectivity index (χ1n) is 12.3. The second-order valence-electron chi connectivity index (χ2n) is 8.46. The van der Waals surface area contributed by atoms with Gasteiger partial charge in [-0.1, -0.05) is 18.2 Å². The summed E-state index contributed by atoms with van der Waals surface area (Å²) < 4.78 is 17.1. The van der Waals surface area contributed by atoms with Crippen LogP contribution in [-0.2, 0) is 16.0 Å². The molecule has 34 heavy (non-hydrogen) atoms. The number of benzene rings is 2. The molecule has 2 aromatic carbocycles. The van der Waals surface area contributed by atoms with Crippen molar-refractivity contribution in [3.63, 3.8) is 0 Å². The van der Waals surface area contributed by atoms with Crippen LogP contribution in [-0.4, -0.2) is 56.2 Å². The largest absolute Gasteiger partial charge is 0.490 e. The van der Waals surface area contributed by atoms with E-state index in [1.165, 1.54) is 0 Å². The van der Waals surface area contributed by atoms with Crippen LogP contribution in [0.3, 0.4) is 0 Å². The Hall–Kier alpha value is -3.06. The number of fused-ring (bicyclic) bond motifs is 4. The summed E-state index contributed by atoms with van der Waals surface area (Å²) in [6.45, 7) is 9.21. The van der Waals surface area contributed by atoms with E-state index in [-0.39, 0.29) is 11.8 Å². The molecule has 0 aromatic heterocycles. The molecule has 0 aliphatic carbocycles. The minimum atomic E-state index is -0.507. The number of carbonyl (C=O) groups is 2. The quantitative estimate of drug-likeness (QED) is 0.538. The summed E-state index contributed by atoms with van der Waals surface area (Å²) in [5.41, 5.74) is 3.42. The maximum Gasteiger partial charge on any atom is 0.254 e. The molecule has 0 unspecified atom stereocenters. The van der Waals surface area contributed by atoms with E-state index >= 15 is 0 Å². The van der Waals surface area contributed by atoms with Crippen molar-refractivity contribution < 1.29 is 23.8 Å². The normalized spacial score (nSPS) is 18.6. The number of rotatable bonds is 10. The molecule has 4 rings (SSSR count). The van der Waals surface area contributed by atoms with Gasteiger partial charge in [0.1, 0.15) is 0 Å². The average molecular weight is 467 g/mol. The molecule has 2 amide bonds. The Morgan fingerprint density at radius 1 is 1.03 bits per heavy atom. The van der Waals surface area contributed by atoms with Crippen LogP contribution >= 0.6 is 0 Å². The van der Waals surface area contributed by atoms with Gasteiger partial charge in [-0.15, -0.1) is 0 Å². The summed E-state index contributed by atoms with van der Waals surface area (Å²) in [5, 5.41) is 3.09. The van der Waals surface area contributed by atoms with Gasteiger partial charge in [0.15, 0.2) is 11.5 Å². The summed E-state index contributed by atoms with van der Waals surface area (Å²) in [6.07, 6.45) is 1.44. The van der Waals surface area contributed by atoms with E-state index in [2.05, 4.69) is 5.32 Å². The van der Waals surface area contributed by atoms with Crippen molar-refractivity contribution in [1.29, 1.82) is 0 Å². The molecule has 0 fully saturated rings. The summed E-state index contributed by atoms with van der Waals surface area (Å²) in [5.74, 6) is 0.736. The minimum absolute atomic E-state index is 0.0292. The third-order valence-corrected chi connectivity index (χ3v) is 6.44. The van der Waals surface area contributed by atoms with E-state index in [0.29, 0.717) is 63.0 Å². The molecule has 7 heteroatoms. The zero-order chi connectivity index (χ0) is 24.1. The predicted molar refractivity (Wildman–Crippen MR) is 130 cm³/mol. The van der Waals surface area contributed by atoms with Crippen LogP contribution in [0.1, 0.15) is 66.2 Å². The van der Waals surface area contributed by atoms with Crippen LogP contribution in [0.2, 0.25) is 0 Å². The fourth-order valence-corrected chi connectivity index (χ4v) is 4.99. The van der Waals surface area contributed by atoms with Crippen molar-refractivity contribution in [2.75, 3.05) is 39.5 Å². The monoisotopic (exact) mass is 466 g/mol. The highest BCUT2D eigenvalue weighted by molar-refractivity contribution is 6.01. The predicted octanol–water partition coefficient (Wildman–Crippen LogP) is 3.86. The van der Waals surface area contributed by atoms with Crippen molar-refractivity contribution in [2.45, 2.75) is 45.6 Å². The molecule has 0 saturated heterocycles. The molecular weight excluding hydrogens is 432 g/mol.